The van der Waals surface area contributed by atoms with Gasteiger partial charge in [-0.1, -0.05) is 6.08 Å². The molecule has 1 saturated heterocycles. The third-order valence-electron chi connectivity index (χ3n) is 5.92. The van der Waals surface area contributed by atoms with E-state index >= 15 is 0 Å². The predicted octanol–water partition coefficient (Wildman–Crippen LogP) is 3.19. The zero-order chi connectivity index (χ0) is 27.8. The second-order valence-electron chi connectivity index (χ2n) is 8.62. The van der Waals surface area contributed by atoms with Crippen molar-refractivity contribution in [3.8, 4) is 5.75 Å². The fraction of sp³-hybridized carbons (Fsp3) is 0.259. The maximum atomic E-state index is 12.8. The van der Waals surface area contributed by atoms with Crippen LogP contribution < -0.4 is 20.4 Å². The summed E-state index contributed by atoms with van der Waals surface area (Å²) in [6.07, 6.45) is 10.8. The van der Waals surface area contributed by atoms with Crippen molar-refractivity contribution in [3.05, 3.63) is 78.0 Å². The third kappa shape index (κ3) is 6.18. The molecule has 2 aliphatic rings. The number of carbonyl (C=O) groups is 3. The first-order chi connectivity index (χ1) is 18.9. The van der Waals surface area contributed by atoms with Crippen LogP contribution in [0.25, 0.3) is 0 Å². The number of rotatable bonds is 11. The fourth-order valence-electron chi connectivity index (χ4n) is 4.05. The number of benzene rings is 1. The Balaban J connectivity index is 1.51. The van der Waals surface area contributed by atoms with E-state index in [2.05, 4.69) is 32.4 Å². The topological polar surface area (TPSA) is 144 Å². The largest absolute Gasteiger partial charge is 0.471 e. The van der Waals surface area contributed by atoms with E-state index in [9.17, 15) is 14.4 Å². The number of allylic oxidation sites excluding steroid dienone is 4. The van der Waals surface area contributed by atoms with E-state index in [1.165, 1.54) is 12.1 Å². The van der Waals surface area contributed by atoms with Crippen molar-refractivity contribution in [2.24, 2.45) is 5.10 Å². The van der Waals surface area contributed by atoms with Gasteiger partial charge in [0.1, 0.15) is 17.3 Å². The number of anilines is 2. The van der Waals surface area contributed by atoms with Gasteiger partial charge in [0.15, 0.2) is 0 Å². The molecule has 0 unspecified atom stereocenters. The molecule has 0 bridgehead atoms. The summed E-state index contributed by atoms with van der Waals surface area (Å²) in [5.41, 5.74) is -0.302. The summed E-state index contributed by atoms with van der Waals surface area (Å²) in [4.78, 5) is 45.6. The standard InChI is InChI=1S/C27H28N6O6/c1-18-17-21(11-12-22(18)33(28-2)25-29-14-6-15-30-25)38-19-7-4-8-20(10-9-19)39-27(13-5-16-37-3)23(34)31-26(36)32-24(27)35/h4,6-7,9-12,14-15,17H,2,5,8,13,16H2,1,3H3,(H2,31,32,34,35,36). The monoisotopic (exact) mass is 532 g/mol. The Labute approximate surface area is 225 Å². The van der Waals surface area contributed by atoms with E-state index in [1.807, 2.05) is 19.1 Å². The Bertz CT molecular complexity index is 1330. The van der Waals surface area contributed by atoms with Gasteiger partial charge in [-0.25, -0.2) is 14.8 Å². The summed E-state index contributed by atoms with van der Waals surface area (Å²) < 4.78 is 17.1. The number of ether oxygens (including phenoxy) is 3. The lowest BCUT2D eigenvalue weighted by molar-refractivity contribution is -0.158. The normalized spacial score (nSPS) is 16.3. The zero-order valence-electron chi connectivity index (χ0n) is 21.5. The number of hydrogen-bond donors (Lipinski definition) is 2. The quantitative estimate of drug-likeness (QED) is 0.193. The molecule has 4 amide bonds. The molecule has 0 spiro atoms. The lowest BCUT2D eigenvalue weighted by Crippen LogP contribution is -2.67. The van der Waals surface area contributed by atoms with Crippen LogP contribution in [-0.2, 0) is 19.1 Å². The highest BCUT2D eigenvalue weighted by molar-refractivity contribution is 6.21. The molecule has 0 saturated carbocycles. The Morgan fingerprint density at radius 2 is 1.87 bits per heavy atom. The highest BCUT2D eigenvalue weighted by atomic mass is 16.5. The first-order valence-electron chi connectivity index (χ1n) is 12.1. The number of amides is 4. The van der Waals surface area contributed by atoms with Gasteiger partial charge in [0.2, 0.25) is 0 Å². The smallest absolute Gasteiger partial charge is 0.328 e. The molecule has 0 radical (unpaired) electrons. The molecule has 202 valence electrons. The Hall–Kier alpha value is -4.84. The predicted molar refractivity (Wildman–Crippen MR) is 142 cm³/mol. The van der Waals surface area contributed by atoms with Gasteiger partial charge in [0, 0.05) is 45.7 Å². The first kappa shape index (κ1) is 27.2. The maximum Gasteiger partial charge on any atom is 0.328 e. The molecular formula is C27H28N6O6. The van der Waals surface area contributed by atoms with E-state index in [1.54, 1.807) is 48.8 Å². The Kier molecular flexibility index (Phi) is 8.46. The number of carbonyl (C=O) groups excluding carboxylic acids is 3. The van der Waals surface area contributed by atoms with Gasteiger partial charge >= 0.3 is 6.03 Å². The maximum absolute atomic E-state index is 12.8. The van der Waals surface area contributed by atoms with E-state index in [0.717, 1.165) is 11.3 Å². The van der Waals surface area contributed by atoms with E-state index in [0.29, 0.717) is 42.7 Å². The number of urea groups is 1. The van der Waals surface area contributed by atoms with E-state index in [4.69, 9.17) is 14.2 Å². The minimum absolute atomic E-state index is 0.0240. The number of hydrazone groups is 1. The Morgan fingerprint density at radius 1 is 1.13 bits per heavy atom. The third-order valence-corrected chi connectivity index (χ3v) is 5.92. The summed E-state index contributed by atoms with van der Waals surface area (Å²) in [7, 11) is 1.52. The Morgan fingerprint density at radius 3 is 2.54 bits per heavy atom. The van der Waals surface area contributed by atoms with Gasteiger partial charge < -0.3 is 14.2 Å². The highest BCUT2D eigenvalue weighted by Gasteiger charge is 2.52. The molecule has 12 nitrogen and oxygen atoms in total. The fourth-order valence-corrected chi connectivity index (χ4v) is 4.05. The SMILES string of the molecule is C=NN(c1ncccn1)c1ccc(OC2=CC=C(OC3(CCCOC)C(=O)NC(=O)NC3=O)CC=C2)cc1C. The minimum atomic E-state index is -1.90. The summed E-state index contributed by atoms with van der Waals surface area (Å²) in [5.74, 6) is 0.184. The van der Waals surface area contributed by atoms with Crippen LogP contribution in [0.5, 0.6) is 5.75 Å². The highest BCUT2D eigenvalue weighted by Crippen LogP contribution is 2.31. The van der Waals surface area contributed by atoms with Crippen LogP contribution in [0, 0.1) is 6.92 Å². The van der Waals surface area contributed by atoms with Gasteiger partial charge in [0.05, 0.1) is 5.69 Å². The van der Waals surface area contributed by atoms with Crippen molar-refractivity contribution in [2.45, 2.75) is 31.8 Å². The van der Waals surface area contributed by atoms with Crippen LogP contribution in [0.4, 0.5) is 16.4 Å². The molecular weight excluding hydrogens is 504 g/mol. The van der Waals surface area contributed by atoms with E-state index in [-0.39, 0.29) is 6.42 Å². The van der Waals surface area contributed by atoms with Crippen molar-refractivity contribution in [3.63, 3.8) is 0 Å². The number of barbiturate groups is 1. The average Bonchev–Trinajstić information content (AvgIpc) is 3.14. The van der Waals surface area contributed by atoms with Gasteiger partial charge in [-0.3, -0.25) is 20.2 Å². The number of aryl methyl sites for hydroxylation is 1. The van der Waals surface area contributed by atoms with Gasteiger partial charge in [-0.2, -0.15) is 10.1 Å². The molecule has 2 N–H and O–H groups in total. The zero-order valence-corrected chi connectivity index (χ0v) is 21.5. The molecule has 12 heteroatoms. The number of aromatic nitrogens is 2. The van der Waals surface area contributed by atoms with Crippen LogP contribution in [0.1, 0.15) is 24.8 Å². The molecule has 2 heterocycles. The van der Waals surface area contributed by atoms with Crippen LogP contribution in [-0.4, -0.2) is 53.8 Å². The number of nitrogens with one attached hydrogen (secondary N) is 2. The number of imide groups is 2. The minimum Gasteiger partial charge on any atom is -0.471 e. The average molecular weight is 533 g/mol. The van der Waals surface area contributed by atoms with Crippen molar-refractivity contribution in [1.29, 1.82) is 0 Å². The van der Waals surface area contributed by atoms with E-state index < -0.39 is 23.4 Å². The van der Waals surface area contributed by atoms with Crippen molar-refractivity contribution >= 4 is 36.2 Å². The lowest BCUT2D eigenvalue weighted by Gasteiger charge is -2.34. The molecule has 39 heavy (non-hydrogen) atoms. The summed E-state index contributed by atoms with van der Waals surface area (Å²) in [6, 6.07) is 6.28. The van der Waals surface area contributed by atoms with Gasteiger partial charge in [-0.05, 0) is 61.4 Å². The molecule has 1 aliphatic carbocycles. The number of nitrogens with zero attached hydrogens (tertiary/aromatic N) is 4. The molecule has 1 fully saturated rings. The second-order valence-corrected chi connectivity index (χ2v) is 8.62. The molecule has 1 aromatic heterocycles. The van der Waals surface area contributed by atoms with Crippen molar-refractivity contribution in [1.82, 2.24) is 20.6 Å². The lowest BCUT2D eigenvalue weighted by atomic mass is 9.93. The van der Waals surface area contributed by atoms with Crippen LogP contribution in [0.2, 0.25) is 0 Å². The van der Waals surface area contributed by atoms with Crippen molar-refractivity contribution < 1.29 is 28.6 Å². The molecule has 1 aromatic carbocycles. The van der Waals surface area contributed by atoms with Crippen LogP contribution in [0.15, 0.2) is 77.6 Å². The van der Waals surface area contributed by atoms with Crippen LogP contribution in [0.3, 0.4) is 0 Å². The van der Waals surface area contributed by atoms with Gasteiger partial charge in [-0.15, -0.1) is 0 Å². The molecule has 2 aromatic rings. The van der Waals surface area contributed by atoms with Gasteiger partial charge in [0.25, 0.3) is 23.4 Å². The summed E-state index contributed by atoms with van der Waals surface area (Å²) in [5, 5.41) is 9.82. The first-order valence-corrected chi connectivity index (χ1v) is 12.1. The second kappa shape index (κ2) is 12.1. The summed E-state index contributed by atoms with van der Waals surface area (Å²) >= 11 is 0. The molecule has 4 rings (SSSR count). The number of methoxy groups -OCH3 is 1. The number of hydrogen-bond acceptors (Lipinski definition) is 10. The summed E-state index contributed by atoms with van der Waals surface area (Å²) in [6.45, 7) is 5.84. The molecule has 1 aliphatic heterocycles. The molecule has 0 atom stereocenters. The van der Waals surface area contributed by atoms with Crippen molar-refractivity contribution in [2.75, 3.05) is 18.7 Å². The van der Waals surface area contributed by atoms with Crippen LogP contribution >= 0.6 is 0 Å².